The highest BCUT2D eigenvalue weighted by molar-refractivity contribution is 7.99. The van der Waals surface area contributed by atoms with Crippen LogP contribution in [0.4, 0.5) is 0 Å². The van der Waals surface area contributed by atoms with E-state index in [1.54, 1.807) is 18.1 Å². The van der Waals surface area contributed by atoms with Crippen molar-refractivity contribution in [1.82, 2.24) is 14.6 Å². The first kappa shape index (κ1) is 21.8. The van der Waals surface area contributed by atoms with E-state index in [9.17, 15) is 4.79 Å². The second-order valence-electron chi connectivity index (χ2n) is 8.85. The number of primary amides is 1. The Bertz CT molecular complexity index is 1540. The number of carbonyl (C=O) groups is 1. The molecule has 35 heavy (non-hydrogen) atoms. The van der Waals surface area contributed by atoms with Crippen molar-refractivity contribution in [3.63, 3.8) is 0 Å². The van der Waals surface area contributed by atoms with Crippen LogP contribution in [-0.2, 0) is 14.9 Å². The molecule has 0 radical (unpaired) electrons. The van der Waals surface area contributed by atoms with E-state index in [-0.39, 0.29) is 5.91 Å². The van der Waals surface area contributed by atoms with Gasteiger partial charge in [0.15, 0.2) is 5.65 Å². The third-order valence-corrected chi connectivity index (χ3v) is 7.87. The zero-order valence-corrected chi connectivity index (χ0v) is 19.9. The van der Waals surface area contributed by atoms with Gasteiger partial charge in [-0.2, -0.15) is 0 Å². The van der Waals surface area contributed by atoms with Crippen molar-refractivity contribution in [1.29, 1.82) is 0 Å². The number of aromatic nitrogens is 3. The van der Waals surface area contributed by atoms with Crippen LogP contribution < -0.4 is 5.73 Å². The van der Waals surface area contributed by atoms with E-state index in [0.29, 0.717) is 26.1 Å². The van der Waals surface area contributed by atoms with Crippen LogP contribution in [0, 0.1) is 0 Å². The summed E-state index contributed by atoms with van der Waals surface area (Å²) in [7, 11) is 0. The summed E-state index contributed by atoms with van der Waals surface area (Å²) in [6.45, 7) is 1.09. The summed E-state index contributed by atoms with van der Waals surface area (Å²) in [5.74, 6) is -0.280. The molecule has 7 heteroatoms. The molecule has 6 rings (SSSR count). The molecule has 3 aromatic carbocycles. The lowest BCUT2D eigenvalue weighted by Gasteiger charge is -2.34. The monoisotopic (exact) mass is 480 g/mol. The van der Waals surface area contributed by atoms with E-state index < -0.39 is 5.41 Å². The molecule has 5 aromatic rings. The summed E-state index contributed by atoms with van der Waals surface area (Å²) < 4.78 is 7.53. The lowest BCUT2D eigenvalue weighted by atomic mass is 9.73. The van der Waals surface area contributed by atoms with Gasteiger partial charge in [0.25, 0.3) is 0 Å². The Labute approximate surface area is 207 Å². The van der Waals surface area contributed by atoms with E-state index in [1.165, 1.54) is 0 Å². The van der Waals surface area contributed by atoms with Crippen molar-refractivity contribution in [2.45, 2.75) is 28.0 Å². The Morgan fingerprint density at radius 3 is 2.54 bits per heavy atom. The van der Waals surface area contributed by atoms with Gasteiger partial charge in [-0.1, -0.05) is 60.3 Å². The molecule has 1 aliphatic heterocycles. The second-order valence-corrected chi connectivity index (χ2v) is 10.00. The van der Waals surface area contributed by atoms with Gasteiger partial charge in [0.2, 0.25) is 5.91 Å². The Balaban J connectivity index is 1.41. The van der Waals surface area contributed by atoms with Crippen LogP contribution in [0.3, 0.4) is 0 Å². The Kier molecular flexibility index (Phi) is 5.51. The van der Waals surface area contributed by atoms with E-state index >= 15 is 0 Å². The first-order chi connectivity index (χ1) is 17.1. The number of hydrogen-bond donors (Lipinski definition) is 1. The molecule has 2 N–H and O–H groups in total. The van der Waals surface area contributed by atoms with Crippen LogP contribution >= 0.6 is 11.8 Å². The first-order valence-electron chi connectivity index (χ1n) is 11.6. The van der Waals surface area contributed by atoms with Crippen LogP contribution in [0.15, 0.2) is 95.0 Å². The number of amides is 1. The van der Waals surface area contributed by atoms with E-state index in [0.717, 1.165) is 43.0 Å². The number of rotatable bonds is 5. The van der Waals surface area contributed by atoms with Gasteiger partial charge >= 0.3 is 0 Å². The first-order valence-corrected chi connectivity index (χ1v) is 12.4. The van der Waals surface area contributed by atoms with E-state index in [2.05, 4.69) is 58.7 Å². The van der Waals surface area contributed by atoms with Crippen molar-refractivity contribution >= 4 is 34.2 Å². The molecular weight excluding hydrogens is 456 g/mol. The lowest BCUT2D eigenvalue weighted by Crippen LogP contribution is -2.45. The van der Waals surface area contributed by atoms with Crippen molar-refractivity contribution in [2.75, 3.05) is 13.2 Å². The summed E-state index contributed by atoms with van der Waals surface area (Å²) in [5.41, 5.74) is 10.3. The molecule has 0 spiro atoms. The standard InChI is InChI=1S/C28H24N4O2S/c29-27(33)28(11-13-34-14-12-28)20-7-4-8-21(15-20)35-22-9-10-23-24(19-5-2-1-3-6-19)17-26-31-30-18-32(26)25(23)16-22/h1-10,15-18H,11-14H2,(H2,29,33). The molecule has 0 saturated carbocycles. The second kappa shape index (κ2) is 8.83. The molecule has 174 valence electrons. The fourth-order valence-corrected chi connectivity index (χ4v) is 5.90. The van der Waals surface area contributed by atoms with Gasteiger partial charge in [-0.25, -0.2) is 0 Å². The molecule has 1 amide bonds. The number of hydrogen-bond acceptors (Lipinski definition) is 5. The van der Waals surface area contributed by atoms with Crippen LogP contribution in [-0.4, -0.2) is 33.7 Å². The smallest absolute Gasteiger partial charge is 0.228 e. The molecule has 2 aromatic heterocycles. The zero-order valence-electron chi connectivity index (χ0n) is 19.1. The van der Waals surface area contributed by atoms with Crippen LogP contribution in [0.1, 0.15) is 18.4 Å². The highest BCUT2D eigenvalue weighted by Gasteiger charge is 2.40. The minimum atomic E-state index is -0.669. The number of carbonyl (C=O) groups excluding carboxylic acids is 1. The SMILES string of the molecule is NC(=O)C1(c2cccc(Sc3ccc4c(-c5ccccc5)cc5nncn5c4c3)c2)CCOCC1. The average molecular weight is 481 g/mol. The summed E-state index contributed by atoms with van der Waals surface area (Å²) in [4.78, 5) is 14.6. The van der Waals surface area contributed by atoms with Crippen molar-refractivity contribution in [3.8, 4) is 11.1 Å². The maximum absolute atomic E-state index is 12.5. The molecule has 0 atom stereocenters. The highest BCUT2D eigenvalue weighted by Crippen LogP contribution is 2.39. The number of pyridine rings is 1. The summed E-state index contributed by atoms with van der Waals surface area (Å²) in [6.07, 6.45) is 2.98. The normalized spacial score (nSPS) is 15.4. The Morgan fingerprint density at radius 2 is 1.74 bits per heavy atom. The van der Waals surface area contributed by atoms with Crippen molar-refractivity contribution < 1.29 is 9.53 Å². The van der Waals surface area contributed by atoms with Crippen molar-refractivity contribution in [3.05, 3.63) is 90.8 Å². The molecule has 6 nitrogen and oxygen atoms in total. The largest absolute Gasteiger partial charge is 0.381 e. The van der Waals surface area contributed by atoms with Gasteiger partial charge in [0, 0.05) is 28.4 Å². The third kappa shape index (κ3) is 3.87. The van der Waals surface area contributed by atoms with Gasteiger partial charge in [-0.3, -0.25) is 9.20 Å². The molecule has 0 unspecified atom stereocenters. The van der Waals surface area contributed by atoms with Gasteiger partial charge in [-0.15, -0.1) is 10.2 Å². The minimum absolute atomic E-state index is 0.280. The minimum Gasteiger partial charge on any atom is -0.381 e. The van der Waals surface area contributed by atoms with Crippen LogP contribution in [0.5, 0.6) is 0 Å². The van der Waals surface area contributed by atoms with Gasteiger partial charge in [-0.05, 0) is 59.9 Å². The fraction of sp³-hybridized carbons (Fsp3) is 0.179. The Morgan fingerprint density at radius 1 is 0.943 bits per heavy atom. The third-order valence-electron chi connectivity index (χ3n) is 6.89. The zero-order chi connectivity index (χ0) is 23.8. The topological polar surface area (TPSA) is 82.5 Å². The maximum atomic E-state index is 12.5. The molecular formula is C28H24N4O2S. The predicted octanol–water partition coefficient (Wildman–Crippen LogP) is 5.23. The lowest BCUT2D eigenvalue weighted by molar-refractivity contribution is -0.127. The summed E-state index contributed by atoms with van der Waals surface area (Å²) >= 11 is 1.67. The molecule has 3 heterocycles. The molecule has 1 fully saturated rings. The molecule has 1 aliphatic rings. The quantitative estimate of drug-likeness (QED) is 0.372. The molecule has 1 saturated heterocycles. The fourth-order valence-electron chi connectivity index (χ4n) is 4.98. The average Bonchev–Trinajstić information content (AvgIpc) is 3.38. The molecule has 0 aliphatic carbocycles. The van der Waals surface area contributed by atoms with Gasteiger partial charge < -0.3 is 10.5 Å². The van der Waals surface area contributed by atoms with Crippen LogP contribution in [0.25, 0.3) is 27.7 Å². The number of fused-ring (bicyclic) bond motifs is 3. The summed E-state index contributed by atoms with van der Waals surface area (Å²) in [5, 5.41) is 9.58. The highest BCUT2D eigenvalue weighted by atomic mass is 32.2. The van der Waals surface area contributed by atoms with Gasteiger partial charge in [0.1, 0.15) is 6.33 Å². The van der Waals surface area contributed by atoms with Crippen molar-refractivity contribution in [2.24, 2.45) is 5.73 Å². The van der Waals surface area contributed by atoms with Crippen LogP contribution in [0.2, 0.25) is 0 Å². The number of benzene rings is 3. The van der Waals surface area contributed by atoms with Gasteiger partial charge in [0.05, 0.1) is 10.9 Å². The Hall–Kier alpha value is -3.68. The summed E-state index contributed by atoms with van der Waals surface area (Å²) in [6, 6.07) is 27.1. The predicted molar refractivity (Wildman–Crippen MR) is 137 cm³/mol. The van der Waals surface area contributed by atoms with E-state index in [4.69, 9.17) is 10.5 Å². The number of nitrogens with zero attached hydrogens (tertiary/aromatic N) is 3. The number of ether oxygens (including phenoxy) is 1. The van der Waals surface area contributed by atoms with E-state index in [1.807, 2.05) is 34.7 Å². The maximum Gasteiger partial charge on any atom is 0.228 e. The number of nitrogens with two attached hydrogens (primary N) is 1. The molecule has 0 bridgehead atoms.